The largest absolute Gasteiger partial charge is 0.493 e. The summed E-state index contributed by atoms with van der Waals surface area (Å²) in [6, 6.07) is 11.3. The SMILES string of the molecule is COc1cc(CCC(=O)NCCN2C(=O)S/C(=C/c3ccc(C)cc3)C2=O)cc(OC)c1OC. The normalized spacial score (nSPS) is 14.5. The summed E-state index contributed by atoms with van der Waals surface area (Å²) < 4.78 is 16.0. The van der Waals surface area contributed by atoms with E-state index >= 15 is 0 Å². The number of aryl methyl sites for hydroxylation is 2. The van der Waals surface area contributed by atoms with Crippen LogP contribution in [-0.2, 0) is 16.0 Å². The van der Waals surface area contributed by atoms with Gasteiger partial charge in [-0.15, -0.1) is 0 Å². The number of methoxy groups -OCH3 is 3. The second-order valence-corrected chi connectivity index (χ2v) is 8.62. The third-order valence-corrected chi connectivity index (χ3v) is 6.18. The molecule has 3 amide bonds. The lowest BCUT2D eigenvalue weighted by atomic mass is 10.1. The van der Waals surface area contributed by atoms with Crippen molar-refractivity contribution in [2.75, 3.05) is 34.4 Å². The van der Waals surface area contributed by atoms with E-state index in [0.29, 0.717) is 28.6 Å². The van der Waals surface area contributed by atoms with Gasteiger partial charge in [0.1, 0.15) is 0 Å². The minimum absolute atomic E-state index is 0.117. The standard InChI is InChI=1S/C25H28N2O6S/c1-16-5-7-17(8-6-16)15-21-24(29)27(25(30)34-21)12-11-26-22(28)10-9-18-13-19(31-2)23(33-4)20(14-18)32-3/h5-8,13-15H,9-12H2,1-4H3,(H,26,28)/b21-15+. The minimum atomic E-state index is -0.345. The van der Waals surface area contributed by atoms with E-state index in [0.717, 1.165) is 33.4 Å². The summed E-state index contributed by atoms with van der Waals surface area (Å²) in [6.45, 7) is 2.28. The first kappa shape index (κ1) is 25.2. The summed E-state index contributed by atoms with van der Waals surface area (Å²) in [7, 11) is 4.60. The zero-order valence-electron chi connectivity index (χ0n) is 19.7. The van der Waals surface area contributed by atoms with Gasteiger partial charge >= 0.3 is 0 Å². The topological polar surface area (TPSA) is 94.2 Å². The molecule has 1 aliphatic rings. The predicted octanol–water partition coefficient (Wildman–Crippen LogP) is 3.81. The molecule has 1 aliphatic heterocycles. The number of amides is 3. The van der Waals surface area contributed by atoms with Crippen molar-refractivity contribution < 1.29 is 28.6 Å². The number of benzene rings is 2. The van der Waals surface area contributed by atoms with Crippen molar-refractivity contribution in [3.8, 4) is 17.2 Å². The second kappa shape index (κ2) is 11.6. The van der Waals surface area contributed by atoms with Gasteiger partial charge < -0.3 is 19.5 Å². The van der Waals surface area contributed by atoms with Crippen LogP contribution in [0.1, 0.15) is 23.1 Å². The Hall–Kier alpha value is -3.46. The van der Waals surface area contributed by atoms with Gasteiger partial charge in [0.15, 0.2) is 11.5 Å². The van der Waals surface area contributed by atoms with Crippen molar-refractivity contribution in [1.29, 1.82) is 0 Å². The second-order valence-electron chi connectivity index (χ2n) is 7.63. The molecule has 8 nitrogen and oxygen atoms in total. The van der Waals surface area contributed by atoms with Crippen molar-refractivity contribution in [2.24, 2.45) is 0 Å². The maximum absolute atomic E-state index is 12.6. The lowest BCUT2D eigenvalue weighted by Gasteiger charge is -2.14. The lowest BCUT2D eigenvalue weighted by Crippen LogP contribution is -2.37. The fourth-order valence-electron chi connectivity index (χ4n) is 3.44. The summed E-state index contributed by atoms with van der Waals surface area (Å²) in [5.41, 5.74) is 2.83. The molecule has 0 aromatic heterocycles. The highest BCUT2D eigenvalue weighted by Crippen LogP contribution is 2.38. The number of carbonyl (C=O) groups excluding carboxylic acids is 3. The monoisotopic (exact) mass is 484 g/mol. The molecule has 1 saturated heterocycles. The number of hydrogen-bond acceptors (Lipinski definition) is 7. The van der Waals surface area contributed by atoms with Crippen LogP contribution in [0.15, 0.2) is 41.3 Å². The van der Waals surface area contributed by atoms with Crippen LogP contribution in [-0.4, -0.2) is 56.4 Å². The highest BCUT2D eigenvalue weighted by Gasteiger charge is 2.34. The number of nitrogens with one attached hydrogen (secondary N) is 1. The summed E-state index contributed by atoms with van der Waals surface area (Å²) in [4.78, 5) is 38.7. The molecule has 1 heterocycles. The van der Waals surface area contributed by atoms with Crippen LogP contribution in [0.4, 0.5) is 4.79 Å². The van der Waals surface area contributed by atoms with Gasteiger partial charge in [0.05, 0.1) is 26.2 Å². The van der Waals surface area contributed by atoms with Crippen LogP contribution in [0.5, 0.6) is 17.2 Å². The van der Waals surface area contributed by atoms with Gasteiger partial charge in [-0.05, 0) is 54.4 Å². The first-order chi connectivity index (χ1) is 16.4. The first-order valence-corrected chi connectivity index (χ1v) is 11.6. The summed E-state index contributed by atoms with van der Waals surface area (Å²) >= 11 is 0.909. The Morgan fingerprint density at radius 3 is 2.26 bits per heavy atom. The van der Waals surface area contributed by atoms with E-state index < -0.39 is 0 Å². The van der Waals surface area contributed by atoms with E-state index in [9.17, 15) is 14.4 Å². The van der Waals surface area contributed by atoms with Crippen LogP contribution >= 0.6 is 11.8 Å². The smallest absolute Gasteiger partial charge is 0.293 e. The molecule has 3 rings (SSSR count). The Kier molecular flexibility index (Phi) is 8.59. The molecule has 1 fully saturated rings. The van der Waals surface area contributed by atoms with Gasteiger partial charge in [-0.1, -0.05) is 29.8 Å². The summed E-state index contributed by atoms with van der Waals surface area (Å²) in [5.74, 6) is 1.01. The molecule has 0 spiro atoms. The van der Waals surface area contributed by atoms with Gasteiger partial charge in [0, 0.05) is 19.5 Å². The van der Waals surface area contributed by atoms with Crippen LogP contribution in [0.3, 0.4) is 0 Å². The fourth-order valence-corrected chi connectivity index (χ4v) is 4.30. The minimum Gasteiger partial charge on any atom is -0.493 e. The first-order valence-electron chi connectivity index (χ1n) is 10.7. The maximum atomic E-state index is 12.6. The maximum Gasteiger partial charge on any atom is 0.293 e. The zero-order valence-corrected chi connectivity index (χ0v) is 20.5. The molecular formula is C25H28N2O6S. The molecule has 0 bridgehead atoms. The molecule has 9 heteroatoms. The Balaban J connectivity index is 1.51. The third-order valence-electron chi connectivity index (χ3n) is 5.27. The van der Waals surface area contributed by atoms with Crippen molar-refractivity contribution in [2.45, 2.75) is 19.8 Å². The number of ether oxygens (including phenoxy) is 3. The highest BCUT2D eigenvalue weighted by atomic mass is 32.2. The predicted molar refractivity (Wildman–Crippen MR) is 131 cm³/mol. The molecule has 2 aromatic rings. The van der Waals surface area contributed by atoms with Gasteiger partial charge in [-0.25, -0.2) is 0 Å². The molecule has 180 valence electrons. The van der Waals surface area contributed by atoms with Gasteiger partial charge in [0.25, 0.3) is 11.1 Å². The Morgan fingerprint density at radius 1 is 1.03 bits per heavy atom. The molecule has 0 atom stereocenters. The Morgan fingerprint density at radius 2 is 1.68 bits per heavy atom. The molecule has 0 unspecified atom stereocenters. The number of carbonyl (C=O) groups is 3. The van der Waals surface area contributed by atoms with Crippen molar-refractivity contribution in [3.05, 3.63) is 58.0 Å². The zero-order chi connectivity index (χ0) is 24.7. The quantitative estimate of drug-likeness (QED) is 0.513. The molecule has 2 aromatic carbocycles. The number of imide groups is 1. The Labute approximate surface area is 203 Å². The van der Waals surface area contributed by atoms with Crippen molar-refractivity contribution in [3.63, 3.8) is 0 Å². The van der Waals surface area contributed by atoms with Crippen LogP contribution in [0, 0.1) is 6.92 Å². The molecule has 1 N–H and O–H groups in total. The molecule has 0 saturated carbocycles. The van der Waals surface area contributed by atoms with Crippen molar-refractivity contribution >= 4 is 34.9 Å². The number of rotatable bonds is 10. The third kappa shape index (κ3) is 6.11. The number of nitrogens with zero attached hydrogens (tertiary/aromatic N) is 1. The van der Waals surface area contributed by atoms with Crippen molar-refractivity contribution in [1.82, 2.24) is 10.2 Å². The van der Waals surface area contributed by atoms with Crippen LogP contribution < -0.4 is 19.5 Å². The lowest BCUT2D eigenvalue weighted by molar-refractivity contribution is -0.124. The van der Waals surface area contributed by atoms with Crippen LogP contribution in [0.25, 0.3) is 6.08 Å². The average Bonchev–Trinajstić information content (AvgIpc) is 3.10. The van der Waals surface area contributed by atoms with Gasteiger partial charge in [-0.2, -0.15) is 0 Å². The highest BCUT2D eigenvalue weighted by molar-refractivity contribution is 8.18. The van der Waals surface area contributed by atoms with E-state index in [1.54, 1.807) is 18.2 Å². The Bertz CT molecular complexity index is 1070. The van der Waals surface area contributed by atoms with Crippen LogP contribution in [0.2, 0.25) is 0 Å². The number of hydrogen-bond donors (Lipinski definition) is 1. The summed E-state index contributed by atoms with van der Waals surface area (Å²) in [5, 5.41) is 2.43. The van der Waals surface area contributed by atoms with Gasteiger partial charge in [-0.3, -0.25) is 19.3 Å². The van der Waals surface area contributed by atoms with Gasteiger partial charge in [0.2, 0.25) is 11.7 Å². The van der Waals surface area contributed by atoms with E-state index in [1.807, 2.05) is 31.2 Å². The van der Waals surface area contributed by atoms with E-state index in [4.69, 9.17) is 14.2 Å². The molecule has 34 heavy (non-hydrogen) atoms. The average molecular weight is 485 g/mol. The van der Waals surface area contributed by atoms with E-state index in [1.165, 1.54) is 21.3 Å². The fraction of sp³-hybridized carbons (Fsp3) is 0.320. The molecule has 0 aliphatic carbocycles. The number of thioether (sulfide) groups is 1. The molecular weight excluding hydrogens is 456 g/mol. The van der Waals surface area contributed by atoms with E-state index in [2.05, 4.69) is 5.32 Å². The summed E-state index contributed by atoms with van der Waals surface area (Å²) in [6.07, 6.45) is 2.40. The van der Waals surface area contributed by atoms with E-state index in [-0.39, 0.29) is 36.6 Å². The molecule has 0 radical (unpaired) electrons.